The first kappa shape index (κ1) is 16.1. The summed E-state index contributed by atoms with van der Waals surface area (Å²) in [5, 5.41) is 28.2. The van der Waals surface area contributed by atoms with E-state index >= 15 is 0 Å². The van der Waals surface area contributed by atoms with Crippen molar-refractivity contribution in [3.8, 4) is 11.5 Å². The molecule has 1 heterocycles. The van der Waals surface area contributed by atoms with E-state index in [1.165, 1.54) is 0 Å². The number of carbonyl (C=O) groups is 2. The molecule has 120 valence electrons. The molecule has 2 atom stereocenters. The van der Waals surface area contributed by atoms with Gasteiger partial charge in [-0.3, -0.25) is 9.59 Å². The predicted octanol–water partition coefficient (Wildman–Crippen LogP) is 2.27. The van der Waals surface area contributed by atoms with Gasteiger partial charge in [0.25, 0.3) is 0 Å². The van der Waals surface area contributed by atoms with Crippen LogP contribution < -0.4 is 4.74 Å². The molecule has 0 aliphatic carbocycles. The van der Waals surface area contributed by atoms with Gasteiger partial charge < -0.3 is 20.1 Å². The number of hydrogen-bond donors (Lipinski definition) is 3. The summed E-state index contributed by atoms with van der Waals surface area (Å²) in [5.41, 5.74) is 1.15. The molecule has 0 saturated carbocycles. The number of aromatic hydroxyl groups is 1. The molecule has 1 aliphatic heterocycles. The first-order valence-electron chi connectivity index (χ1n) is 7.11. The van der Waals surface area contributed by atoms with Crippen molar-refractivity contribution in [2.75, 3.05) is 0 Å². The number of carboxylic acid groups (broad SMARTS) is 2. The topological polar surface area (TPSA) is 104 Å². The highest BCUT2D eigenvalue weighted by Gasteiger charge is 2.45. The van der Waals surface area contributed by atoms with E-state index in [0.717, 1.165) is 11.1 Å². The van der Waals surface area contributed by atoms with E-state index in [0.29, 0.717) is 24.2 Å². The van der Waals surface area contributed by atoms with Gasteiger partial charge in [-0.05, 0) is 56.4 Å². The molecule has 0 aromatic heterocycles. The van der Waals surface area contributed by atoms with Crippen molar-refractivity contribution in [2.45, 2.75) is 45.6 Å². The average molecular weight is 308 g/mol. The molecule has 22 heavy (non-hydrogen) atoms. The van der Waals surface area contributed by atoms with Crippen LogP contribution in [-0.2, 0) is 16.0 Å². The Morgan fingerprint density at radius 2 is 1.95 bits per heavy atom. The molecule has 2 rings (SSSR count). The molecule has 6 heteroatoms. The maximum absolute atomic E-state index is 11.5. The van der Waals surface area contributed by atoms with Gasteiger partial charge in [0.15, 0.2) is 0 Å². The maximum atomic E-state index is 11.5. The Morgan fingerprint density at radius 3 is 2.50 bits per heavy atom. The maximum Gasteiger partial charge on any atom is 0.311 e. The van der Waals surface area contributed by atoms with Crippen LogP contribution >= 0.6 is 0 Å². The number of rotatable bonds is 4. The van der Waals surface area contributed by atoms with Crippen molar-refractivity contribution in [3.63, 3.8) is 0 Å². The van der Waals surface area contributed by atoms with Gasteiger partial charge >= 0.3 is 11.9 Å². The van der Waals surface area contributed by atoms with Crippen LogP contribution in [0.25, 0.3) is 0 Å². The Kier molecular flexibility index (Phi) is 4.04. The lowest BCUT2D eigenvalue weighted by Gasteiger charge is -2.40. The second-order valence-corrected chi connectivity index (χ2v) is 6.04. The Hall–Kier alpha value is -2.24. The predicted molar refractivity (Wildman–Crippen MR) is 78.3 cm³/mol. The van der Waals surface area contributed by atoms with Gasteiger partial charge in [-0.25, -0.2) is 0 Å². The van der Waals surface area contributed by atoms with Crippen molar-refractivity contribution in [1.29, 1.82) is 0 Å². The Labute approximate surface area is 128 Å². The fraction of sp³-hybridized carbons (Fsp3) is 0.500. The minimum atomic E-state index is -1.18. The summed E-state index contributed by atoms with van der Waals surface area (Å²) in [5.74, 6) is -2.74. The first-order valence-corrected chi connectivity index (χ1v) is 7.11. The normalized spacial score (nSPS) is 21.6. The molecule has 0 bridgehead atoms. The Balaban J connectivity index is 2.43. The lowest BCUT2D eigenvalue weighted by molar-refractivity contribution is -0.157. The number of phenols is 1. The van der Waals surface area contributed by atoms with Gasteiger partial charge in [-0.2, -0.15) is 0 Å². The minimum Gasteiger partial charge on any atom is -0.508 e. The van der Waals surface area contributed by atoms with E-state index in [-0.39, 0.29) is 5.75 Å². The third-order valence-electron chi connectivity index (χ3n) is 4.53. The van der Waals surface area contributed by atoms with Crippen LogP contribution in [0.4, 0.5) is 0 Å². The summed E-state index contributed by atoms with van der Waals surface area (Å²) in [7, 11) is 0. The second-order valence-electron chi connectivity index (χ2n) is 6.04. The zero-order chi connectivity index (χ0) is 16.7. The van der Waals surface area contributed by atoms with Crippen molar-refractivity contribution in [3.05, 3.63) is 22.8 Å². The molecule has 0 spiro atoms. The SMILES string of the molecule is Cc1c(O)cc2c(c1C)OC(C)(C(CC(=O)O)C(=O)O)CC2. The number of aryl methyl sites for hydroxylation is 1. The summed E-state index contributed by atoms with van der Waals surface area (Å²) in [4.78, 5) is 22.4. The van der Waals surface area contributed by atoms with E-state index in [1.807, 2.05) is 0 Å². The van der Waals surface area contributed by atoms with Crippen LogP contribution in [0.3, 0.4) is 0 Å². The number of hydrogen-bond acceptors (Lipinski definition) is 4. The number of fused-ring (bicyclic) bond motifs is 1. The van der Waals surface area contributed by atoms with Crippen LogP contribution in [0.15, 0.2) is 6.07 Å². The third kappa shape index (κ3) is 2.73. The second kappa shape index (κ2) is 5.51. The molecule has 0 saturated heterocycles. The van der Waals surface area contributed by atoms with Gasteiger partial charge in [-0.15, -0.1) is 0 Å². The van der Waals surface area contributed by atoms with Crippen LogP contribution in [0.2, 0.25) is 0 Å². The van der Waals surface area contributed by atoms with Crippen LogP contribution in [0, 0.1) is 19.8 Å². The number of benzene rings is 1. The molecule has 0 radical (unpaired) electrons. The van der Waals surface area contributed by atoms with Crippen LogP contribution in [0.1, 0.15) is 36.5 Å². The summed E-state index contributed by atoms with van der Waals surface area (Å²) < 4.78 is 5.96. The lowest BCUT2D eigenvalue weighted by atomic mass is 9.79. The molecule has 1 aromatic rings. The Bertz CT molecular complexity index is 636. The minimum absolute atomic E-state index is 0.184. The van der Waals surface area contributed by atoms with Crippen molar-refractivity contribution in [2.24, 2.45) is 5.92 Å². The monoisotopic (exact) mass is 308 g/mol. The molecule has 6 nitrogen and oxygen atoms in total. The smallest absolute Gasteiger partial charge is 0.311 e. The standard InChI is InChI=1S/C16H20O6/c1-8-9(2)14-10(6-12(8)17)4-5-16(3,22-14)11(15(20)21)7-13(18)19/h6,11,17H,4-5,7H2,1-3H3,(H,18,19)(H,20,21). The highest BCUT2D eigenvalue weighted by Crippen LogP contribution is 2.43. The molecule has 2 unspecified atom stereocenters. The number of aliphatic carboxylic acids is 2. The highest BCUT2D eigenvalue weighted by atomic mass is 16.5. The van der Waals surface area contributed by atoms with E-state index in [4.69, 9.17) is 9.84 Å². The van der Waals surface area contributed by atoms with E-state index < -0.39 is 29.9 Å². The summed E-state index contributed by atoms with van der Waals surface area (Å²) >= 11 is 0. The van der Waals surface area contributed by atoms with Crippen molar-refractivity contribution in [1.82, 2.24) is 0 Å². The van der Waals surface area contributed by atoms with E-state index in [9.17, 15) is 19.8 Å². The van der Waals surface area contributed by atoms with Crippen LogP contribution in [0.5, 0.6) is 11.5 Å². The molecule has 3 N–H and O–H groups in total. The average Bonchev–Trinajstić information content (AvgIpc) is 2.43. The van der Waals surface area contributed by atoms with E-state index in [1.54, 1.807) is 26.8 Å². The van der Waals surface area contributed by atoms with Gasteiger partial charge in [-0.1, -0.05) is 0 Å². The summed E-state index contributed by atoms with van der Waals surface area (Å²) in [6.45, 7) is 5.19. The Morgan fingerprint density at radius 1 is 1.32 bits per heavy atom. The zero-order valence-corrected chi connectivity index (χ0v) is 12.8. The lowest BCUT2D eigenvalue weighted by Crippen LogP contribution is -2.48. The van der Waals surface area contributed by atoms with E-state index in [2.05, 4.69) is 0 Å². The third-order valence-corrected chi connectivity index (χ3v) is 4.53. The number of carboxylic acids is 2. The molecule has 0 fully saturated rings. The quantitative estimate of drug-likeness (QED) is 0.788. The molecule has 1 aromatic carbocycles. The van der Waals surface area contributed by atoms with Crippen molar-refractivity contribution >= 4 is 11.9 Å². The number of phenolic OH excluding ortho intramolecular Hbond substituents is 1. The molecule has 0 amide bonds. The molecular formula is C16H20O6. The summed E-state index contributed by atoms with van der Waals surface area (Å²) in [6, 6.07) is 1.63. The fourth-order valence-corrected chi connectivity index (χ4v) is 2.92. The molecule has 1 aliphatic rings. The van der Waals surface area contributed by atoms with Gasteiger partial charge in [0.1, 0.15) is 23.0 Å². The van der Waals surface area contributed by atoms with Gasteiger partial charge in [0.2, 0.25) is 0 Å². The van der Waals surface area contributed by atoms with Crippen molar-refractivity contribution < 1.29 is 29.6 Å². The fourth-order valence-electron chi connectivity index (χ4n) is 2.92. The largest absolute Gasteiger partial charge is 0.508 e. The highest BCUT2D eigenvalue weighted by molar-refractivity contribution is 5.79. The number of ether oxygens (including phenoxy) is 1. The van der Waals surface area contributed by atoms with Gasteiger partial charge in [0.05, 0.1) is 6.42 Å². The van der Waals surface area contributed by atoms with Crippen LogP contribution in [-0.4, -0.2) is 32.9 Å². The molecular weight excluding hydrogens is 288 g/mol. The first-order chi connectivity index (χ1) is 10.2. The summed E-state index contributed by atoms with van der Waals surface area (Å²) in [6.07, 6.45) is 0.424. The van der Waals surface area contributed by atoms with Gasteiger partial charge in [0, 0.05) is 0 Å². The zero-order valence-electron chi connectivity index (χ0n) is 12.8.